The van der Waals surface area contributed by atoms with E-state index in [0.29, 0.717) is 18.9 Å². The van der Waals surface area contributed by atoms with Crippen molar-refractivity contribution < 1.29 is 19.4 Å². The Labute approximate surface area is 226 Å². The number of aliphatic hydroxyl groups excluding tert-OH is 1. The molecule has 0 fully saturated rings. The number of aliphatic imine (C=N–C) groups is 1. The zero-order valence-corrected chi connectivity index (χ0v) is 25.4. The zero-order chi connectivity index (χ0) is 28.1. The van der Waals surface area contributed by atoms with E-state index in [1.807, 2.05) is 58.4 Å². The number of hydrogen-bond donors (Lipinski definition) is 1. The number of carbonyl (C=O) groups excluding carboxylic acids is 2. The van der Waals surface area contributed by atoms with Gasteiger partial charge < -0.3 is 9.84 Å². The van der Waals surface area contributed by atoms with Crippen LogP contribution in [0.2, 0.25) is 0 Å². The van der Waals surface area contributed by atoms with Crippen molar-refractivity contribution in [2.24, 2.45) is 22.2 Å². The molecular formula is C30H53NO4S. The van der Waals surface area contributed by atoms with E-state index in [4.69, 9.17) is 4.74 Å². The number of ketones is 1. The van der Waals surface area contributed by atoms with Crippen molar-refractivity contribution in [3.8, 4) is 0 Å². The average molecular weight is 524 g/mol. The third-order valence-corrected chi connectivity index (χ3v) is 6.49. The molecule has 36 heavy (non-hydrogen) atoms. The number of cyclic esters (lactones) is 1. The maximum atomic E-state index is 12.7. The number of rotatable bonds is 3. The SMILES string of the molecule is C/C1=C/CCOC(=O)CC(O)C(C)(C)C(=O)C(C)CCCC(C)C1.CC.CC=NC(/C=C\C)=C\SC. The van der Waals surface area contributed by atoms with Gasteiger partial charge in [-0.1, -0.05) is 72.1 Å². The lowest BCUT2D eigenvalue weighted by Crippen LogP contribution is -2.41. The Morgan fingerprint density at radius 3 is 2.36 bits per heavy atom. The van der Waals surface area contributed by atoms with Gasteiger partial charge in [0, 0.05) is 12.1 Å². The van der Waals surface area contributed by atoms with Crippen LogP contribution in [0.3, 0.4) is 0 Å². The van der Waals surface area contributed by atoms with Gasteiger partial charge in [-0.2, -0.15) is 0 Å². The number of nitrogens with zero attached hydrogens (tertiary/aromatic N) is 1. The van der Waals surface area contributed by atoms with E-state index in [2.05, 4.69) is 24.9 Å². The van der Waals surface area contributed by atoms with Gasteiger partial charge in [0.05, 0.1) is 30.2 Å². The van der Waals surface area contributed by atoms with Crippen molar-refractivity contribution in [2.45, 2.75) is 107 Å². The minimum Gasteiger partial charge on any atom is -0.465 e. The Balaban J connectivity index is 0. The second-order valence-corrected chi connectivity index (χ2v) is 10.4. The highest BCUT2D eigenvalue weighted by molar-refractivity contribution is 8.01. The van der Waals surface area contributed by atoms with Crippen LogP contribution < -0.4 is 0 Å². The minimum absolute atomic E-state index is 0.0265. The molecule has 1 aliphatic heterocycles. The van der Waals surface area contributed by atoms with Crippen LogP contribution in [-0.2, 0) is 14.3 Å². The Morgan fingerprint density at radius 2 is 1.81 bits per heavy atom. The first-order chi connectivity index (χ1) is 17.0. The molecule has 0 radical (unpaired) electrons. The van der Waals surface area contributed by atoms with E-state index < -0.39 is 17.5 Å². The molecule has 0 aromatic heterocycles. The first-order valence-electron chi connectivity index (χ1n) is 13.4. The summed E-state index contributed by atoms with van der Waals surface area (Å²) in [5.74, 6) is 0.0567. The van der Waals surface area contributed by atoms with E-state index in [9.17, 15) is 14.7 Å². The summed E-state index contributed by atoms with van der Waals surface area (Å²) in [6.45, 7) is 17.9. The minimum atomic E-state index is -1.01. The van der Waals surface area contributed by atoms with Crippen molar-refractivity contribution in [3.05, 3.63) is 34.9 Å². The van der Waals surface area contributed by atoms with Gasteiger partial charge in [-0.05, 0) is 63.7 Å². The molecule has 1 rings (SSSR count). The Morgan fingerprint density at radius 1 is 1.17 bits per heavy atom. The van der Waals surface area contributed by atoms with Gasteiger partial charge in [-0.15, -0.1) is 11.8 Å². The van der Waals surface area contributed by atoms with Gasteiger partial charge in [0.15, 0.2) is 0 Å². The van der Waals surface area contributed by atoms with E-state index >= 15 is 0 Å². The highest BCUT2D eigenvalue weighted by Gasteiger charge is 2.39. The molecule has 1 N–H and O–H groups in total. The van der Waals surface area contributed by atoms with Crippen LogP contribution in [0.5, 0.6) is 0 Å². The number of hydrogen-bond acceptors (Lipinski definition) is 6. The van der Waals surface area contributed by atoms with E-state index in [1.165, 1.54) is 5.57 Å². The Kier molecular flexibility index (Phi) is 21.7. The highest BCUT2D eigenvalue weighted by Crippen LogP contribution is 2.30. The van der Waals surface area contributed by atoms with E-state index in [1.54, 1.807) is 31.8 Å². The van der Waals surface area contributed by atoms with Crippen LogP contribution in [0.1, 0.15) is 101 Å². The largest absolute Gasteiger partial charge is 0.465 e. The van der Waals surface area contributed by atoms with Crippen molar-refractivity contribution in [3.63, 3.8) is 0 Å². The van der Waals surface area contributed by atoms with Crippen molar-refractivity contribution in [1.82, 2.24) is 0 Å². The molecule has 0 aromatic carbocycles. The molecule has 208 valence electrons. The number of carbonyl (C=O) groups is 2. The Bertz CT molecular complexity index is 723. The summed E-state index contributed by atoms with van der Waals surface area (Å²) in [7, 11) is 0. The van der Waals surface area contributed by atoms with Crippen LogP contribution in [-0.4, -0.2) is 42.0 Å². The number of allylic oxidation sites excluding steroid dienone is 3. The van der Waals surface area contributed by atoms with Crippen molar-refractivity contribution in [1.29, 1.82) is 0 Å². The molecule has 1 aliphatic rings. The lowest BCUT2D eigenvalue weighted by molar-refractivity contribution is -0.150. The van der Waals surface area contributed by atoms with Crippen molar-refractivity contribution >= 4 is 29.7 Å². The first-order valence-corrected chi connectivity index (χ1v) is 14.7. The summed E-state index contributed by atoms with van der Waals surface area (Å²) >= 11 is 1.66. The number of aliphatic hydroxyl groups is 1. The summed E-state index contributed by atoms with van der Waals surface area (Å²) in [6, 6.07) is 0. The summed E-state index contributed by atoms with van der Waals surface area (Å²) in [6.07, 6.45) is 13.4. The maximum absolute atomic E-state index is 12.7. The lowest BCUT2D eigenvalue weighted by Gasteiger charge is -2.31. The zero-order valence-electron chi connectivity index (χ0n) is 24.6. The van der Waals surface area contributed by atoms with E-state index in [-0.39, 0.29) is 18.1 Å². The number of Topliss-reactive ketones (excluding diaryl/α,β-unsaturated/α-hetero) is 1. The summed E-state index contributed by atoms with van der Waals surface area (Å²) in [5.41, 5.74) is 1.39. The second kappa shape index (κ2) is 21.4. The molecular weight excluding hydrogens is 470 g/mol. The highest BCUT2D eigenvalue weighted by atomic mass is 32.2. The molecule has 1 heterocycles. The molecule has 5 nitrogen and oxygen atoms in total. The topological polar surface area (TPSA) is 76.0 Å². The summed E-state index contributed by atoms with van der Waals surface area (Å²) in [5, 5.41) is 12.4. The molecule has 0 amide bonds. The first kappa shape index (κ1) is 36.5. The lowest BCUT2D eigenvalue weighted by atomic mass is 9.75. The predicted octanol–water partition coefficient (Wildman–Crippen LogP) is 7.94. The monoisotopic (exact) mass is 523 g/mol. The number of ether oxygens (including phenoxy) is 1. The fraction of sp³-hybridized carbons (Fsp3) is 0.700. The van der Waals surface area contributed by atoms with Crippen LogP contribution in [0.25, 0.3) is 0 Å². The standard InChI is InChI=1S/C20H34O4.C8H13NS.C2H6/c1-14-8-6-10-16(3)19(23)20(4,5)17(21)13-18(22)24-11-7-9-15(2)12-14;1-4-6-8(7-10-3)9-5-2;1-2/h9,14,16-17,21H,6-8,10-13H2,1-5H3;4-7H,1-3H3;1-2H3/b15-9-;6-4-,8-7-,9-5?;. The molecule has 3 atom stereocenters. The second-order valence-electron chi connectivity index (χ2n) is 9.67. The maximum Gasteiger partial charge on any atom is 0.308 e. The fourth-order valence-electron chi connectivity index (χ4n) is 3.94. The van der Waals surface area contributed by atoms with Gasteiger partial charge >= 0.3 is 5.97 Å². The third-order valence-electron chi connectivity index (χ3n) is 6.01. The summed E-state index contributed by atoms with van der Waals surface area (Å²) in [4.78, 5) is 28.7. The van der Waals surface area contributed by atoms with Crippen LogP contribution in [0.15, 0.2) is 39.9 Å². The molecule has 0 spiro atoms. The van der Waals surface area contributed by atoms with Gasteiger partial charge in [0.1, 0.15) is 5.78 Å². The quantitative estimate of drug-likeness (QED) is 0.176. The molecule has 0 saturated carbocycles. The predicted molar refractivity (Wildman–Crippen MR) is 157 cm³/mol. The normalized spacial score (nSPS) is 26.2. The molecule has 0 aromatic rings. The molecule has 0 bridgehead atoms. The van der Waals surface area contributed by atoms with Gasteiger partial charge in [-0.25, -0.2) is 0 Å². The van der Waals surface area contributed by atoms with Crippen LogP contribution >= 0.6 is 11.8 Å². The smallest absolute Gasteiger partial charge is 0.308 e. The average Bonchev–Trinajstić information content (AvgIpc) is 2.82. The van der Waals surface area contributed by atoms with Crippen LogP contribution in [0, 0.1) is 17.3 Å². The third kappa shape index (κ3) is 16.2. The number of thioether (sulfide) groups is 1. The molecule has 0 aliphatic carbocycles. The van der Waals surface area contributed by atoms with Crippen molar-refractivity contribution in [2.75, 3.05) is 12.9 Å². The van der Waals surface area contributed by atoms with Crippen LogP contribution in [0.4, 0.5) is 0 Å². The van der Waals surface area contributed by atoms with E-state index in [0.717, 1.165) is 31.4 Å². The molecule has 0 saturated heterocycles. The van der Waals surface area contributed by atoms with Gasteiger partial charge in [-0.3, -0.25) is 14.6 Å². The van der Waals surface area contributed by atoms with Gasteiger partial charge in [0.2, 0.25) is 0 Å². The molecule has 6 heteroatoms. The van der Waals surface area contributed by atoms with Gasteiger partial charge in [0.25, 0.3) is 0 Å². The molecule has 3 unspecified atom stereocenters. The number of esters is 1. The fourth-order valence-corrected chi connectivity index (χ4v) is 4.32. The Hall–Kier alpha value is -1.66. The summed E-state index contributed by atoms with van der Waals surface area (Å²) < 4.78 is 5.19.